The van der Waals surface area contributed by atoms with Gasteiger partial charge in [0.1, 0.15) is 0 Å². The third kappa shape index (κ3) is 5.73. The molecule has 2 rings (SSSR count). The van der Waals surface area contributed by atoms with Gasteiger partial charge in [-0.25, -0.2) is 0 Å². The molecule has 0 aliphatic heterocycles. The van der Waals surface area contributed by atoms with E-state index in [0.717, 1.165) is 0 Å². The Morgan fingerprint density at radius 1 is 0.952 bits per heavy atom. The monoisotopic (exact) mass is 314 g/mol. The molecule has 2 aromatic rings. The van der Waals surface area contributed by atoms with Crippen molar-refractivity contribution in [3.05, 3.63) is 71.3 Å². The van der Waals surface area contributed by atoms with Crippen LogP contribution in [-0.4, -0.2) is 54.1 Å². The van der Waals surface area contributed by atoms with Crippen LogP contribution in [0, 0.1) is 0 Å². The number of rotatable bonds is 5. The van der Waals surface area contributed by atoms with Gasteiger partial charge in [0, 0.05) is 11.1 Å². The summed E-state index contributed by atoms with van der Waals surface area (Å²) in [6.45, 7) is 0. The molecule has 0 spiro atoms. The second-order valence-corrected chi connectivity index (χ2v) is 6.00. The first-order valence-corrected chi connectivity index (χ1v) is 7.70. The summed E-state index contributed by atoms with van der Waals surface area (Å²) in [7, 11) is -3.99. The summed E-state index contributed by atoms with van der Waals surface area (Å²) >= 11 is 0. The topological polar surface area (TPSA) is 71.4 Å². The number of carbonyl (C=O) groups is 1. The molecule has 0 unspecified atom stereocenters. The van der Waals surface area contributed by atoms with Crippen LogP contribution in [0.4, 0.5) is 0 Å². The molecule has 0 bridgehead atoms. The summed E-state index contributed by atoms with van der Waals surface area (Å²) < 4.78 is 30.2. The van der Waals surface area contributed by atoms with Crippen LogP contribution in [0.5, 0.6) is 0 Å². The van der Waals surface area contributed by atoms with Crippen molar-refractivity contribution in [3.63, 3.8) is 0 Å². The van der Waals surface area contributed by atoms with Gasteiger partial charge in [0.2, 0.25) is 0 Å². The van der Waals surface area contributed by atoms with E-state index in [0.29, 0.717) is 16.7 Å². The molecule has 0 atom stereocenters. The van der Waals surface area contributed by atoms with Crippen molar-refractivity contribution in [2.24, 2.45) is 0 Å². The van der Waals surface area contributed by atoms with E-state index in [9.17, 15) is 13.2 Å². The van der Waals surface area contributed by atoms with Crippen molar-refractivity contribution in [2.45, 2.75) is 6.42 Å². The molecule has 21 heavy (non-hydrogen) atoms. The molecule has 0 amide bonds. The van der Waals surface area contributed by atoms with E-state index >= 15 is 0 Å². The first-order valence-electron chi connectivity index (χ1n) is 6.09. The zero-order valence-corrected chi connectivity index (χ0v) is 11.5. The standard InChI is InChI=1S/C15H14O4S.Na.H/c16-15(13-6-2-1-3-7-13)14-8-4-5-12(11-14)9-10-20(17,18)19;;/h1-8,11H,9-10H2,(H,17,18,19);;. The Labute approximate surface area is 146 Å². The zero-order valence-electron chi connectivity index (χ0n) is 10.7. The van der Waals surface area contributed by atoms with Crippen molar-refractivity contribution in [1.82, 2.24) is 0 Å². The van der Waals surface area contributed by atoms with Gasteiger partial charge in [-0.15, -0.1) is 0 Å². The molecule has 4 nitrogen and oxygen atoms in total. The Hall–Kier alpha value is -0.980. The van der Waals surface area contributed by atoms with Gasteiger partial charge in [-0.3, -0.25) is 9.35 Å². The van der Waals surface area contributed by atoms with Crippen LogP contribution in [0.3, 0.4) is 0 Å². The van der Waals surface area contributed by atoms with Crippen LogP contribution in [0.15, 0.2) is 54.6 Å². The van der Waals surface area contributed by atoms with Crippen molar-refractivity contribution in [2.75, 3.05) is 5.75 Å². The third-order valence-electron chi connectivity index (χ3n) is 2.87. The van der Waals surface area contributed by atoms with Crippen LogP contribution in [0.25, 0.3) is 0 Å². The fraction of sp³-hybridized carbons (Fsp3) is 0.133. The molecule has 0 saturated heterocycles. The van der Waals surface area contributed by atoms with Gasteiger partial charge in [-0.05, 0) is 18.1 Å². The molecule has 2 aromatic carbocycles. The average molecular weight is 314 g/mol. The van der Waals surface area contributed by atoms with E-state index < -0.39 is 10.1 Å². The van der Waals surface area contributed by atoms with Crippen LogP contribution in [0.1, 0.15) is 21.5 Å². The molecule has 0 fully saturated rings. The summed E-state index contributed by atoms with van der Waals surface area (Å²) in [6.07, 6.45) is 0.175. The van der Waals surface area contributed by atoms with Gasteiger partial charge >= 0.3 is 29.6 Å². The molecular weight excluding hydrogens is 299 g/mol. The number of hydrogen-bond donors (Lipinski definition) is 1. The van der Waals surface area contributed by atoms with Crippen molar-refractivity contribution in [3.8, 4) is 0 Å². The summed E-state index contributed by atoms with van der Waals surface area (Å²) in [5.74, 6) is -0.463. The van der Waals surface area contributed by atoms with Crippen LogP contribution < -0.4 is 0 Å². The van der Waals surface area contributed by atoms with Crippen LogP contribution >= 0.6 is 0 Å². The SMILES string of the molecule is O=C(c1ccccc1)c1cccc(CCS(=O)(=O)O)c1.[NaH]. The summed E-state index contributed by atoms with van der Waals surface area (Å²) in [4.78, 5) is 12.2. The predicted octanol–water partition coefficient (Wildman–Crippen LogP) is 1.70. The number of carbonyl (C=O) groups excluding carboxylic acids is 1. The minimum absolute atomic E-state index is 0. The Bertz CT molecular complexity index is 711. The number of benzene rings is 2. The maximum absolute atomic E-state index is 12.2. The van der Waals surface area contributed by atoms with Crippen molar-refractivity contribution >= 4 is 45.5 Å². The Balaban J connectivity index is 0.00000220. The molecule has 0 aliphatic rings. The molecule has 0 aliphatic carbocycles. The fourth-order valence-electron chi connectivity index (χ4n) is 1.87. The van der Waals surface area contributed by atoms with E-state index in [1.807, 2.05) is 6.07 Å². The zero-order chi connectivity index (χ0) is 14.6. The number of ketones is 1. The quantitative estimate of drug-likeness (QED) is 0.518. The van der Waals surface area contributed by atoms with Crippen molar-refractivity contribution in [1.29, 1.82) is 0 Å². The van der Waals surface area contributed by atoms with Gasteiger partial charge in [-0.1, -0.05) is 48.5 Å². The Morgan fingerprint density at radius 3 is 2.19 bits per heavy atom. The molecule has 0 radical (unpaired) electrons. The summed E-state index contributed by atoms with van der Waals surface area (Å²) in [5, 5.41) is 0. The van der Waals surface area contributed by atoms with Gasteiger partial charge in [-0.2, -0.15) is 8.42 Å². The van der Waals surface area contributed by atoms with E-state index in [4.69, 9.17) is 4.55 Å². The van der Waals surface area contributed by atoms with Crippen molar-refractivity contribution < 1.29 is 17.8 Å². The Kier molecular flexibility index (Phi) is 6.77. The predicted molar refractivity (Wildman–Crippen MR) is 83.6 cm³/mol. The number of aryl methyl sites for hydroxylation is 1. The maximum atomic E-state index is 12.2. The molecular formula is C15H15NaO4S. The normalized spacial score (nSPS) is 10.7. The third-order valence-corrected chi connectivity index (χ3v) is 3.59. The average Bonchev–Trinajstić information content (AvgIpc) is 2.45. The second-order valence-electron chi connectivity index (χ2n) is 4.43. The first-order chi connectivity index (χ1) is 9.46. The minimum atomic E-state index is -3.99. The van der Waals surface area contributed by atoms with Gasteiger partial charge in [0.25, 0.3) is 10.1 Å². The first kappa shape index (κ1) is 18.1. The van der Waals surface area contributed by atoms with Crippen LogP contribution in [0.2, 0.25) is 0 Å². The molecule has 0 saturated carbocycles. The molecule has 106 valence electrons. The Morgan fingerprint density at radius 2 is 1.57 bits per heavy atom. The van der Waals surface area contributed by atoms with Gasteiger partial charge < -0.3 is 0 Å². The molecule has 0 heterocycles. The second kappa shape index (κ2) is 7.87. The van der Waals surface area contributed by atoms with E-state index in [-0.39, 0.29) is 47.5 Å². The van der Waals surface area contributed by atoms with E-state index in [1.54, 1.807) is 48.5 Å². The number of hydrogen-bond acceptors (Lipinski definition) is 3. The summed E-state index contributed by atoms with van der Waals surface area (Å²) in [5.41, 5.74) is 1.79. The summed E-state index contributed by atoms with van der Waals surface area (Å²) in [6, 6.07) is 15.6. The van der Waals surface area contributed by atoms with Crippen LogP contribution in [-0.2, 0) is 16.5 Å². The molecule has 1 N–H and O–H groups in total. The van der Waals surface area contributed by atoms with Gasteiger partial charge in [0.05, 0.1) is 5.75 Å². The van der Waals surface area contributed by atoms with E-state index in [2.05, 4.69) is 0 Å². The van der Waals surface area contributed by atoms with Gasteiger partial charge in [0.15, 0.2) is 5.78 Å². The molecule has 6 heteroatoms. The fourth-order valence-corrected chi connectivity index (χ4v) is 2.36. The molecule has 0 aromatic heterocycles. The van der Waals surface area contributed by atoms with E-state index in [1.165, 1.54) is 0 Å².